The Morgan fingerprint density at radius 2 is 1.55 bits per heavy atom. The highest BCUT2D eigenvalue weighted by Gasteiger charge is 2.44. The van der Waals surface area contributed by atoms with E-state index >= 15 is 0 Å². The predicted molar refractivity (Wildman–Crippen MR) is 174 cm³/mol. The second kappa shape index (κ2) is 13.2. The van der Waals surface area contributed by atoms with Gasteiger partial charge in [-0.3, -0.25) is 8.42 Å². The minimum atomic E-state index is -2.28. The van der Waals surface area contributed by atoms with E-state index in [-0.39, 0.29) is 10.8 Å². The summed E-state index contributed by atoms with van der Waals surface area (Å²) in [5.41, 5.74) is 5.64. The number of fused-ring (bicyclic) bond motifs is 2. The Hall–Kier alpha value is -2.17. The topological polar surface area (TPSA) is 86.5 Å². The zero-order valence-electron chi connectivity index (χ0n) is 25.2. The quantitative estimate of drug-likeness (QED) is 0.139. The number of benzene rings is 2. The number of hydrogen-bond donors (Lipinski definition) is 0. The van der Waals surface area contributed by atoms with Crippen LogP contribution in [0.5, 0.6) is 0 Å². The maximum atomic E-state index is 11.7. The van der Waals surface area contributed by atoms with Crippen molar-refractivity contribution < 1.29 is 22.1 Å². The van der Waals surface area contributed by atoms with Gasteiger partial charge in [-0.1, -0.05) is 56.5 Å². The molecule has 9 heteroatoms. The van der Waals surface area contributed by atoms with Crippen LogP contribution in [0.2, 0.25) is 0 Å². The molecule has 0 fully saturated rings. The lowest BCUT2D eigenvalue weighted by atomic mass is 9.81. The van der Waals surface area contributed by atoms with Crippen LogP contribution in [0.15, 0.2) is 80.7 Å². The molecule has 2 aliphatic rings. The number of anilines is 1. The highest BCUT2D eigenvalue weighted by Crippen LogP contribution is 2.48. The van der Waals surface area contributed by atoms with Gasteiger partial charge in [0, 0.05) is 61.7 Å². The minimum Gasteiger partial charge on any atom is -0.768 e. The largest absolute Gasteiger partial charge is 0.768 e. The molecule has 226 valence electrons. The van der Waals surface area contributed by atoms with E-state index in [9.17, 15) is 17.5 Å². The fourth-order valence-electron chi connectivity index (χ4n) is 6.00. The molecule has 42 heavy (non-hydrogen) atoms. The van der Waals surface area contributed by atoms with Gasteiger partial charge in [0.05, 0.1) is 5.41 Å². The Morgan fingerprint density at radius 3 is 2.17 bits per heavy atom. The van der Waals surface area contributed by atoms with Gasteiger partial charge in [-0.2, -0.15) is 4.58 Å². The summed E-state index contributed by atoms with van der Waals surface area (Å²) in [6.07, 6.45) is 12.5. The molecule has 0 N–H and O–H groups in total. The third kappa shape index (κ3) is 6.36. The molecule has 0 aliphatic carbocycles. The van der Waals surface area contributed by atoms with Crippen molar-refractivity contribution >= 4 is 55.2 Å². The summed E-state index contributed by atoms with van der Waals surface area (Å²) in [7, 11) is 0. The van der Waals surface area contributed by atoms with Crippen molar-refractivity contribution in [2.75, 3.05) is 18.0 Å². The van der Waals surface area contributed by atoms with Gasteiger partial charge >= 0.3 is 0 Å². The van der Waals surface area contributed by atoms with Crippen LogP contribution >= 0.6 is 15.9 Å². The van der Waals surface area contributed by atoms with Crippen LogP contribution in [0.25, 0.3) is 0 Å². The molecule has 4 rings (SSSR count). The monoisotopic (exact) mass is 671 g/mol. The second-order valence-corrected chi connectivity index (χ2v) is 14.7. The van der Waals surface area contributed by atoms with Gasteiger partial charge in [-0.25, -0.2) is 0 Å². The SMILES string of the molecule is CCCCN1/C(=C/C=C(Br)/C=C/C2=[N+](CCCC)c3ccc(S(=O)[O-])cc3C2(C)C)C(C)(C)c2cc(S(=O)[O-])ccc21. The maximum absolute atomic E-state index is 11.7. The van der Waals surface area contributed by atoms with Crippen molar-refractivity contribution in [3.63, 3.8) is 0 Å². The fourth-order valence-corrected chi connectivity index (χ4v) is 7.05. The molecule has 0 spiro atoms. The molecule has 2 heterocycles. The zero-order chi connectivity index (χ0) is 30.8. The predicted octanol–water partition coefficient (Wildman–Crippen LogP) is 7.66. The molecular weight excluding hydrogens is 632 g/mol. The van der Waals surface area contributed by atoms with E-state index in [1.54, 1.807) is 24.3 Å². The zero-order valence-corrected chi connectivity index (χ0v) is 28.5. The van der Waals surface area contributed by atoms with E-state index in [0.29, 0.717) is 9.79 Å². The van der Waals surface area contributed by atoms with Crippen LogP contribution in [-0.4, -0.2) is 40.9 Å². The van der Waals surface area contributed by atoms with E-state index in [1.165, 1.54) is 0 Å². The maximum Gasteiger partial charge on any atom is 0.209 e. The van der Waals surface area contributed by atoms with Gasteiger partial charge in [0.25, 0.3) is 0 Å². The summed E-state index contributed by atoms with van der Waals surface area (Å²) >= 11 is -0.802. The minimum absolute atomic E-state index is 0.302. The first-order valence-electron chi connectivity index (χ1n) is 14.5. The molecule has 0 radical (unpaired) electrons. The van der Waals surface area contributed by atoms with Crippen LogP contribution in [0.3, 0.4) is 0 Å². The van der Waals surface area contributed by atoms with Crippen LogP contribution < -0.4 is 4.90 Å². The van der Waals surface area contributed by atoms with Crippen LogP contribution in [0.1, 0.15) is 78.4 Å². The molecule has 0 aromatic heterocycles. The van der Waals surface area contributed by atoms with E-state index in [0.717, 1.165) is 77.2 Å². The summed E-state index contributed by atoms with van der Waals surface area (Å²) in [4.78, 5) is 2.92. The van der Waals surface area contributed by atoms with Gasteiger partial charge < -0.3 is 14.0 Å². The average Bonchev–Trinajstić information content (AvgIpc) is 3.29. The number of nitrogens with zero attached hydrogens (tertiary/aromatic N) is 2. The smallest absolute Gasteiger partial charge is 0.209 e. The Bertz CT molecular complexity index is 1540. The van der Waals surface area contributed by atoms with Gasteiger partial charge in [0.2, 0.25) is 5.69 Å². The molecular formula is C33H40BrN2O4S2-. The number of hydrogen-bond acceptors (Lipinski definition) is 5. The molecule has 0 saturated heterocycles. The molecule has 0 saturated carbocycles. The molecule has 2 aromatic carbocycles. The molecule has 0 bridgehead atoms. The van der Waals surface area contributed by atoms with Gasteiger partial charge in [-0.15, -0.1) is 0 Å². The summed E-state index contributed by atoms with van der Waals surface area (Å²) in [6.45, 7) is 14.6. The highest BCUT2D eigenvalue weighted by molar-refractivity contribution is 9.11. The molecule has 0 amide bonds. The van der Waals surface area contributed by atoms with Crippen LogP contribution in [0.4, 0.5) is 11.4 Å². The van der Waals surface area contributed by atoms with Crippen molar-refractivity contribution in [3.05, 3.63) is 82.0 Å². The molecule has 2 aliphatic heterocycles. The third-order valence-corrected chi connectivity index (χ3v) is 10.2. The van der Waals surface area contributed by atoms with Gasteiger partial charge in [0.1, 0.15) is 6.54 Å². The first kappa shape index (κ1) is 32.7. The molecule has 6 nitrogen and oxygen atoms in total. The Morgan fingerprint density at radius 1 is 0.929 bits per heavy atom. The van der Waals surface area contributed by atoms with Gasteiger partial charge in [-0.05, 0) is 96.6 Å². The third-order valence-electron chi connectivity index (χ3n) is 8.38. The van der Waals surface area contributed by atoms with E-state index < -0.39 is 22.2 Å². The van der Waals surface area contributed by atoms with Crippen molar-refractivity contribution in [1.82, 2.24) is 0 Å². The Kier molecular flexibility index (Phi) is 10.3. The van der Waals surface area contributed by atoms with E-state index in [2.05, 4.69) is 91.3 Å². The molecule has 2 aromatic rings. The summed E-state index contributed by atoms with van der Waals surface area (Å²) in [5.74, 6) is 0. The van der Waals surface area contributed by atoms with Crippen molar-refractivity contribution in [1.29, 1.82) is 0 Å². The van der Waals surface area contributed by atoms with Crippen molar-refractivity contribution in [3.8, 4) is 0 Å². The van der Waals surface area contributed by atoms with Crippen LogP contribution in [-0.2, 0) is 33.0 Å². The lowest BCUT2D eigenvalue weighted by Crippen LogP contribution is -2.28. The number of rotatable bonds is 11. The van der Waals surface area contributed by atoms with E-state index in [4.69, 9.17) is 0 Å². The number of halogens is 1. The summed E-state index contributed by atoms with van der Waals surface area (Å²) in [6, 6.07) is 10.8. The second-order valence-electron chi connectivity index (χ2n) is 11.9. The first-order chi connectivity index (χ1) is 19.8. The average molecular weight is 673 g/mol. The Labute approximate surface area is 264 Å². The van der Waals surface area contributed by atoms with E-state index in [1.807, 2.05) is 12.1 Å². The van der Waals surface area contributed by atoms with Gasteiger partial charge in [0.15, 0.2) is 5.71 Å². The van der Waals surface area contributed by atoms with Crippen LogP contribution in [0, 0.1) is 0 Å². The molecule has 2 unspecified atom stereocenters. The summed E-state index contributed by atoms with van der Waals surface area (Å²) in [5, 5.41) is 0. The molecule has 2 atom stereocenters. The van der Waals surface area contributed by atoms with Crippen molar-refractivity contribution in [2.45, 2.75) is 87.8 Å². The standard InChI is InChI=1S/C33H41BrN2O4S2/c1-7-9-19-35-28-15-13-24(41(37)38)21-26(28)32(3,4)30(35)17-11-23(34)12-18-31-33(5,6)27-22-25(42(39)40)14-16-29(27)36(31)20-10-8-2/h11-18,21-22H,7-10,19-20H2,1-6H3,(H-,37,38,39,40)/p-1. The lowest BCUT2D eigenvalue weighted by molar-refractivity contribution is -0.438. The highest BCUT2D eigenvalue weighted by atomic mass is 79.9. The fraction of sp³-hybridized carbons (Fsp3) is 0.424. The summed E-state index contributed by atoms with van der Waals surface area (Å²) < 4.78 is 50.0. The Balaban J connectivity index is 1.71. The number of unbranched alkanes of at least 4 members (excludes halogenated alkanes) is 2. The van der Waals surface area contributed by atoms with Crippen molar-refractivity contribution in [2.24, 2.45) is 0 Å². The first-order valence-corrected chi connectivity index (χ1v) is 17.4. The lowest BCUT2D eigenvalue weighted by Gasteiger charge is -2.27. The normalized spacial score (nSPS) is 20.0. The number of allylic oxidation sites excluding steroid dienone is 6.